The third-order valence-electron chi connectivity index (χ3n) is 6.72. The maximum atomic E-state index is 15.4. The van der Waals surface area contributed by atoms with Gasteiger partial charge >= 0.3 is 0 Å². The molecule has 2 N–H and O–H groups in total. The number of imidazole rings is 1. The number of hydrogen-bond acceptors (Lipinski definition) is 7. The van der Waals surface area contributed by atoms with E-state index in [2.05, 4.69) is 20.3 Å². The Morgan fingerprint density at radius 1 is 1.22 bits per heavy atom. The van der Waals surface area contributed by atoms with Gasteiger partial charge in [0.25, 0.3) is 0 Å². The number of aliphatic hydroxyl groups excluding tert-OH is 1. The van der Waals surface area contributed by atoms with E-state index in [1.54, 1.807) is 11.0 Å². The van der Waals surface area contributed by atoms with Crippen molar-refractivity contribution in [2.75, 3.05) is 23.4 Å². The molecular weight excluding hydrogens is 499 g/mol. The quantitative estimate of drug-likeness (QED) is 0.411. The van der Waals surface area contributed by atoms with E-state index >= 15 is 4.39 Å². The van der Waals surface area contributed by atoms with Crippen LogP contribution >= 0.6 is 11.6 Å². The number of carbonyl (C=O) groups excluding carboxylic acids is 1. The maximum absolute atomic E-state index is 15.4. The molecule has 2 aliphatic heterocycles. The Morgan fingerprint density at radius 2 is 2.05 bits per heavy atom. The number of fused-ring (bicyclic) bond motifs is 3. The summed E-state index contributed by atoms with van der Waals surface area (Å²) in [5.74, 6) is 0.0966. The zero-order valence-electron chi connectivity index (χ0n) is 19.8. The van der Waals surface area contributed by atoms with Gasteiger partial charge in [0.1, 0.15) is 5.52 Å². The molecule has 2 aromatic heterocycles. The summed E-state index contributed by atoms with van der Waals surface area (Å²) in [5.41, 5.74) is 2.51. The number of rotatable bonds is 5. The van der Waals surface area contributed by atoms with Gasteiger partial charge in [-0.3, -0.25) is 9.69 Å². The minimum Gasteiger partial charge on any atom is -0.389 e. The minimum absolute atomic E-state index is 0.0582. The molecule has 0 spiro atoms. The Labute approximate surface area is 216 Å². The molecule has 4 heterocycles. The van der Waals surface area contributed by atoms with Crippen molar-refractivity contribution < 1.29 is 19.0 Å². The molecule has 190 valence electrons. The highest BCUT2D eigenvalue weighted by atomic mass is 35.5. The zero-order chi connectivity index (χ0) is 25.5. The van der Waals surface area contributed by atoms with Crippen LogP contribution in [0.2, 0.25) is 5.02 Å². The van der Waals surface area contributed by atoms with Gasteiger partial charge in [-0.2, -0.15) is 0 Å². The summed E-state index contributed by atoms with van der Waals surface area (Å²) in [6.45, 7) is 1.50. The number of carbonyl (C=O) groups is 1. The third-order valence-corrected chi connectivity index (χ3v) is 7.00. The Bertz CT molecular complexity index is 1480. The van der Waals surface area contributed by atoms with Crippen molar-refractivity contribution in [1.82, 2.24) is 19.5 Å². The number of ether oxygens (including phenoxy) is 1. The summed E-state index contributed by atoms with van der Waals surface area (Å²) >= 11 is 6.44. The Balaban J connectivity index is 1.38. The van der Waals surface area contributed by atoms with Gasteiger partial charge in [-0.05, 0) is 24.1 Å². The highest BCUT2D eigenvalue weighted by Crippen LogP contribution is 2.35. The number of hydrogen-bond donors (Lipinski definition) is 2. The van der Waals surface area contributed by atoms with Gasteiger partial charge < -0.3 is 19.7 Å². The van der Waals surface area contributed by atoms with Crippen LogP contribution in [0.1, 0.15) is 18.4 Å². The Kier molecular flexibility index (Phi) is 6.23. The van der Waals surface area contributed by atoms with Crippen molar-refractivity contribution in [1.29, 1.82) is 0 Å². The average molecular weight is 523 g/mol. The Morgan fingerprint density at radius 3 is 2.86 bits per heavy atom. The molecule has 0 unspecified atom stereocenters. The largest absolute Gasteiger partial charge is 0.389 e. The number of anilines is 2. The van der Waals surface area contributed by atoms with Crippen LogP contribution in [0.5, 0.6) is 0 Å². The summed E-state index contributed by atoms with van der Waals surface area (Å²) in [7, 11) is 0. The molecule has 9 nitrogen and oxygen atoms in total. The van der Waals surface area contributed by atoms with E-state index in [0.29, 0.717) is 48.8 Å². The first-order chi connectivity index (χ1) is 18.0. The second-order valence-electron chi connectivity index (χ2n) is 9.18. The predicted octanol–water partition coefficient (Wildman–Crippen LogP) is 3.78. The summed E-state index contributed by atoms with van der Waals surface area (Å²) in [5, 5.41) is 13.6. The first kappa shape index (κ1) is 23.8. The number of amides is 1. The molecule has 0 aliphatic carbocycles. The normalized spacial score (nSPS) is 19.8. The van der Waals surface area contributed by atoms with Gasteiger partial charge in [0, 0.05) is 25.1 Å². The lowest BCUT2D eigenvalue weighted by Gasteiger charge is -2.28. The van der Waals surface area contributed by atoms with E-state index in [1.807, 2.05) is 34.9 Å². The molecule has 0 saturated carbocycles. The number of aryl methyl sites for hydroxylation is 1. The molecule has 1 amide bonds. The van der Waals surface area contributed by atoms with Crippen molar-refractivity contribution in [3.8, 4) is 11.3 Å². The van der Waals surface area contributed by atoms with Gasteiger partial charge in [0.15, 0.2) is 5.82 Å². The molecule has 2 aliphatic rings. The minimum atomic E-state index is -0.690. The van der Waals surface area contributed by atoms with Crippen molar-refractivity contribution >= 4 is 40.4 Å². The van der Waals surface area contributed by atoms with Crippen molar-refractivity contribution in [2.45, 2.75) is 38.1 Å². The smallest absolute Gasteiger partial charge is 0.231 e. The molecular formula is C26H24ClFN6O3. The number of nitrogens with zero attached hydrogens (tertiary/aromatic N) is 5. The first-order valence-electron chi connectivity index (χ1n) is 12.1. The highest BCUT2D eigenvalue weighted by molar-refractivity contribution is 6.33. The fraction of sp³-hybridized carbons (Fsp3) is 0.308. The number of benzene rings is 2. The SMILES string of the molecule is O=C1CCn2c(nc3c(F)cc(-c4nc(N[C@@H]5CCOC[C@H]5O)ncc4Cl)cc32)N1Cc1ccccc1. The van der Waals surface area contributed by atoms with Crippen LogP contribution in [0, 0.1) is 5.82 Å². The molecule has 1 fully saturated rings. The molecule has 11 heteroatoms. The van der Waals surface area contributed by atoms with Crippen LogP contribution in [0.25, 0.3) is 22.3 Å². The summed E-state index contributed by atoms with van der Waals surface area (Å²) in [4.78, 5) is 27.7. The second kappa shape index (κ2) is 9.70. The average Bonchev–Trinajstić information content (AvgIpc) is 3.28. The maximum Gasteiger partial charge on any atom is 0.231 e. The van der Waals surface area contributed by atoms with Crippen molar-refractivity contribution in [3.05, 3.63) is 65.1 Å². The zero-order valence-corrected chi connectivity index (χ0v) is 20.5. The van der Waals surface area contributed by atoms with Gasteiger partial charge in [0.05, 0.1) is 47.7 Å². The lowest BCUT2D eigenvalue weighted by molar-refractivity contribution is -0.119. The monoisotopic (exact) mass is 522 g/mol. The van der Waals surface area contributed by atoms with Gasteiger partial charge in [-0.25, -0.2) is 19.3 Å². The van der Waals surface area contributed by atoms with Crippen molar-refractivity contribution in [2.24, 2.45) is 0 Å². The first-order valence-corrected chi connectivity index (χ1v) is 12.4. The number of aliphatic hydroxyl groups is 1. The van der Waals surface area contributed by atoms with Crippen LogP contribution in [-0.2, 0) is 22.6 Å². The molecule has 2 aromatic carbocycles. The standard InChI is InChI=1S/C26H24ClFN6O3/c27-17-12-29-25(30-19-7-9-37-14-21(19)35)31-23(17)16-10-18(28)24-20(11-16)33-8-6-22(36)34(26(33)32-24)13-15-4-2-1-3-5-15/h1-5,10-12,19,21,35H,6-9,13-14H2,(H,29,30,31)/t19-,21-/m1/s1. The summed E-state index contributed by atoms with van der Waals surface area (Å²) in [6.07, 6.45) is 1.65. The number of nitrogens with one attached hydrogen (secondary N) is 1. The van der Waals surface area contributed by atoms with Gasteiger partial charge in [-0.1, -0.05) is 41.9 Å². The lowest BCUT2D eigenvalue weighted by atomic mass is 10.1. The molecule has 6 rings (SSSR count). The summed E-state index contributed by atoms with van der Waals surface area (Å²) < 4.78 is 22.5. The van der Waals surface area contributed by atoms with Crippen LogP contribution in [-0.4, -0.2) is 55.9 Å². The van der Waals surface area contributed by atoms with Crippen LogP contribution in [0.15, 0.2) is 48.7 Å². The fourth-order valence-corrected chi connectivity index (χ4v) is 5.01. The van der Waals surface area contributed by atoms with Crippen LogP contribution in [0.3, 0.4) is 0 Å². The third kappa shape index (κ3) is 4.52. The van der Waals surface area contributed by atoms with E-state index in [0.717, 1.165) is 5.56 Å². The van der Waals surface area contributed by atoms with Crippen molar-refractivity contribution in [3.63, 3.8) is 0 Å². The second-order valence-corrected chi connectivity index (χ2v) is 9.58. The fourth-order valence-electron chi connectivity index (χ4n) is 4.81. The number of aromatic nitrogens is 4. The van der Waals surface area contributed by atoms with E-state index < -0.39 is 11.9 Å². The Hall–Kier alpha value is -3.60. The van der Waals surface area contributed by atoms with Crippen LogP contribution in [0.4, 0.5) is 16.3 Å². The predicted molar refractivity (Wildman–Crippen MR) is 137 cm³/mol. The van der Waals surface area contributed by atoms with Crippen LogP contribution < -0.4 is 10.2 Å². The highest BCUT2D eigenvalue weighted by Gasteiger charge is 2.29. The van der Waals surface area contributed by atoms with E-state index in [1.165, 1.54) is 12.3 Å². The van der Waals surface area contributed by atoms with Gasteiger partial charge in [-0.15, -0.1) is 0 Å². The molecule has 0 radical (unpaired) electrons. The van der Waals surface area contributed by atoms with E-state index in [4.69, 9.17) is 16.3 Å². The lowest BCUT2D eigenvalue weighted by Crippen LogP contribution is -2.42. The summed E-state index contributed by atoms with van der Waals surface area (Å²) in [6, 6.07) is 12.5. The molecule has 0 bridgehead atoms. The molecule has 1 saturated heterocycles. The molecule has 2 atom stereocenters. The topological polar surface area (TPSA) is 105 Å². The van der Waals surface area contributed by atoms with E-state index in [9.17, 15) is 9.90 Å². The van der Waals surface area contributed by atoms with E-state index in [-0.39, 0.29) is 41.5 Å². The molecule has 37 heavy (non-hydrogen) atoms. The molecule has 4 aromatic rings. The number of halogens is 2. The van der Waals surface area contributed by atoms with Gasteiger partial charge in [0.2, 0.25) is 17.8 Å².